The number of halogens is 1. The Morgan fingerprint density at radius 2 is 1.78 bits per heavy atom. The van der Waals surface area contributed by atoms with Crippen molar-refractivity contribution in [1.29, 1.82) is 0 Å². The zero-order valence-electron chi connectivity index (χ0n) is 31.5. The largest absolute Gasteiger partial charge is 0.394 e. The van der Waals surface area contributed by atoms with Crippen molar-refractivity contribution in [2.45, 2.75) is 154 Å². The fourth-order valence-electron chi connectivity index (χ4n) is 11.9. The van der Waals surface area contributed by atoms with Crippen molar-refractivity contribution in [3.05, 3.63) is 0 Å². The van der Waals surface area contributed by atoms with E-state index in [1.165, 1.54) is 38.5 Å². The Balaban J connectivity index is 1.10. The second-order valence-corrected chi connectivity index (χ2v) is 18.1. The number of ether oxygens (including phenoxy) is 1. The predicted octanol–water partition coefficient (Wildman–Crippen LogP) is 5.42. The van der Waals surface area contributed by atoms with E-state index in [1.807, 2.05) is 0 Å². The van der Waals surface area contributed by atoms with Crippen molar-refractivity contribution in [2.24, 2.45) is 58.7 Å². The van der Waals surface area contributed by atoms with Crippen LogP contribution in [0.1, 0.15) is 118 Å². The van der Waals surface area contributed by atoms with E-state index in [4.69, 9.17) is 9.57 Å². The number of amides is 2. The van der Waals surface area contributed by atoms with Crippen molar-refractivity contribution in [2.75, 3.05) is 26.8 Å². The molecule has 0 spiro atoms. The van der Waals surface area contributed by atoms with Gasteiger partial charge in [0.15, 0.2) is 0 Å². The van der Waals surface area contributed by atoms with Gasteiger partial charge in [0, 0.05) is 38.1 Å². The topological polar surface area (TPSA) is 120 Å². The molecule has 6 unspecified atom stereocenters. The van der Waals surface area contributed by atoms with Crippen LogP contribution in [0.15, 0.2) is 0 Å². The summed E-state index contributed by atoms with van der Waals surface area (Å²) in [4.78, 5) is 33.8. The summed E-state index contributed by atoms with van der Waals surface area (Å²) >= 11 is 0. The molecule has 7 aliphatic rings. The minimum absolute atomic E-state index is 0.0501. The molecule has 7 rings (SSSR count). The average molecular weight is 706 g/mol. The monoisotopic (exact) mass is 706 g/mol. The number of hydrogen-bond acceptors (Lipinski definition) is 7. The maximum atomic E-state index is 15.3. The molecule has 6 aliphatic carbocycles. The SMILES string of the molecule is COC1C(CN2O[C@@H](CO)[C@H]([C@H](C)O)[C@H]2C(=O)N[C@H]2C[C@H]3C[C@@H]([C@@H]2C)C3(C)C)CCCC1C1CCC(F)C(C(=O)NCCC2CCCCC2)C1. The Bertz CT molecular complexity index is 1150. The number of aliphatic hydroxyl groups excluding tert-OH is 2. The number of nitrogens with one attached hydrogen (secondary N) is 2. The first-order chi connectivity index (χ1) is 23.9. The van der Waals surface area contributed by atoms with Crippen molar-refractivity contribution in [1.82, 2.24) is 15.7 Å². The molecule has 7 fully saturated rings. The lowest BCUT2D eigenvalue weighted by Gasteiger charge is -2.62. The van der Waals surface area contributed by atoms with Gasteiger partial charge in [-0.2, -0.15) is 5.06 Å². The van der Waals surface area contributed by atoms with E-state index in [1.54, 1.807) is 19.1 Å². The number of hydrogen-bond donors (Lipinski definition) is 4. The number of alkyl halides is 1. The molecule has 50 heavy (non-hydrogen) atoms. The minimum atomic E-state index is -1.12. The molecule has 14 atom stereocenters. The fraction of sp³-hybridized carbons (Fsp3) is 0.950. The molecule has 0 radical (unpaired) electrons. The Morgan fingerprint density at radius 1 is 1.02 bits per heavy atom. The van der Waals surface area contributed by atoms with Gasteiger partial charge in [-0.05, 0) is 99.2 Å². The molecule has 9 nitrogen and oxygen atoms in total. The summed E-state index contributed by atoms with van der Waals surface area (Å²) in [5.74, 6) is 1.18. The molecule has 10 heteroatoms. The minimum Gasteiger partial charge on any atom is -0.394 e. The van der Waals surface area contributed by atoms with Gasteiger partial charge in [0.25, 0.3) is 0 Å². The first-order valence-corrected chi connectivity index (χ1v) is 20.4. The molecule has 2 bridgehead atoms. The van der Waals surface area contributed by atoms with E-state index in [0.29, 0.717) is 55.0 Å². The lowest BCUT2D eigenvalue weighted by molar-refractivity contribution is -0.193. The van der Waals surface area contributed by atoms with Crippen LogP contribution in [-0.4, -0.2) is 90.5 Å². The number of carbonyl (C=O) groups is 2. The van der Waals surface area contributed by atoms with Gasteiger partial charge in [-0.1, -0.05) is 59.3 Å². The summed E-state index contributed by atoms with van der Waals surface area (Å²) in [6.45, 7) is 9.42. The second-order valence-electron chi connectivity index (χ2n) is 18.1. The molecule has 6 saturated carbocycles. The number of fused-ring (bicyclic) bond motifs is 2. The van der Waals surface area contributed by atoms with E-state index in [-0.39, 0.29) is 48.3 Å². The first-order valence-electron chi connectivity index (χ1n) is 20.4. The molecule has 0 aromatic heterocycles. The van der Waals surface area contributed by atoms with Gasteiger partial charge >= 0.3 is 0 Å². The van der Waals surface area contributed by atoms with Gasteiger partial charge in [-0.3, -0.25) is 14.4 Å². The summed E-state index contributed by atoms with van der Waals surface area (Å²) < 4.78 is 21.6. The molecule has 0 aromatic carbocycles. The average Bonchev–Trinajstić information content (AvgIpc) is 3.48. The zero-order chi connectivity index (χ0) is 35.7. The summed E-state index contributed by atoms with van der Waals surface area (Å²) in [6.07, 6.45) is 11.3. The van der Waals surface area contributed by atoms with Crippen molar-refractivity contribution >= 4 is 11.8 Å². The standard InChI is InChI=1S/C40H68FN3O6/c1-23-31-19-28(40(31,3)4)20-33(23)43-39(48)36-35(24(2)46)34(22-45)50-44(36)21-27-12-9-13-29(37(27)49-5)26-14-15-32(41)30(18-26)38(47)42-17-16-25-10-7-6-8-11-25/h23-37,45-46H,6-22H2,1-5H3,(H,42,47)(H,43,48)/t23-,24-,26?,27?,28+,29?,30?,31-,32?,33-,34-,35-,36-,37?/m0/s1. The zero-order valence-corrected chi connectivity index (χ0v) is 31.5. The van der Waals surface area contributed by atoms with Crippen LogP contribution in [0.25, 0.3) is 0 Å². The molecule has 1 aliphatic heterocycles. The summed E-state index contributed by atoms with van der Waals surface area (Å²) in [5.41, 5.74) is 0.307. The van der Waals surface area contributed by atoms with Crippen LogP contribution in [-0.2, 0) is 19.2 Å². The third-order valence-corrected chi connectivity index (χ3v) is 15.1. The van der Waals surface area contributed by atoms with Crippen molar-refractivity contribution in [3.63, 3.8) is 0 Å². The van der Waals surface area contributed by atoms with Crippen molar-refractivity contribution in [3.8, 4) is 0 Å². The molecular formula is C40H68FN3O6. The molecule has 2 amide bonds. The van der Waals surface area contributed by atoms with E-state index in [0.717, 1.165) is 38.5 Å². The van der Waals surface area contributed by atoms with Crippen LogP contribution in [0.2, 0.25) is 0 Å². The Labute approximate surface area is 300 Å². The van der Waals surface area contributed by atoms with Gasteiger partial charge < -0.3 is 25.6 Å². The van der Waals surface area contributed by atoms with Gasteiger partial charge in [-0.25, -0.2) is 4.39 Å². The smallest absolute Gasteiger partial charge is 0.240 e. The van der Waals surface area contributed by atoms with Crippen LogP contribution in [0, 0.1) is 58.7 Å². The maximum Gasteiger partial charge on any atom is 0.240 e. The van der Waals surface area contributed by atoms with Crippen LogP contribution in [0.4, 0.5) is 4.39 Å². The molecule has 1 saturated heterocycles. The van der Waals surface area contributed by atoms with E-state index < -0.39 is 36.3 Å². The number of nitrogens with zero attached hydrogens (tertiary/aromatic N) is 1. The van der Waals surface area contributed by atoms with Crippen LogP contribution < -0.4 is 10.6 Å². The highest BCUT2D eigenvalue weighted by Gasteiger charge is 2.58. The van der Waals surface area contributed by atoms with E-state index in [9.17, 15) is 19.8 Å². The molecule has 1 heterocycles. The van der Waals surface area contributed by atoms with E-state index in [2.05, 4.69) is 31.4 Å². The van der Waals surface area contributed by atoms with Crippen molar-refractivity contribution < 1.29 is 33.8 Å². The van der Waals surface area contributed by atoms with E-state index >= 15 is 4.39 Å². The number of hydroxylamine groups is 2. The number of methoxy groups -OCH3 is 1. The predicted molar refractivity (Wildman–Crippen MR) is 190 cm³/mol. The lowest BCUT2D eigenvalue weighted by Crippen LogP contribution is -2.62. The Morgan fingerprint density at radius 3 is 2.44 bits per heavy atom. The Hall–Kier alpha value is -1.33. The molecule has 0 aromatic rings. The summed E-state index contributed by atoms with van der Waals surface area (Å²) in [6, 6.07) is -0.648. The number of aliphatic hydroxyl groups is 2. The van der Waals surface area contributed by atoms with Crippen LogP contribution >= 0.6 is 0 Å². The molecule has 4 N–H and O–H groups in total. The summed E-state index contributed by atoms with van der Waals surface area (Å²) in [7, 11) is 1.74. The normalized spacial score (nSPS) is 42.8. The first kappa shape index (κ1) is 38.4. The van der Waals surface area contributed by atoms with Gasteiger partial charge in [0.1, 0.15) is 18.3 Å². The lowest BCUT2D eigenvalue weighted by atomic mass is 9.45. The highest BCUT2D eigenvalue weighted by molar-refractivity contribution is 5.83. The highest BCUT2D eigenvalue weighted by atomic mass is 19.1. The Kier molecular flexibility index (Phi) is 12.6. The number of rotatable bonds is 12. The van der Waals surface area contributed by atoms with Gasteiger partial charge in [-0.15, -0.1) is 0 Å². The van der Waals surface area contributed by atoms with Crippen LogP contribution in [0.3, 0.4) is 0 Å². The summed E-state index contributed by atoms with van der Waals surface area (Å²) in [5, 5.41) is 29.4. The third kappa shape index (κ3) is 7.81. The van der Waals surface area contributed by atoms with Gasteiger partial charge in [0.05, 0.1) is 24.7 Å². The van der Waals surface area contributed by atoms with Crippen LogP contribution in [0.5, 0.6) is 0 Å². The highest BCUT2D eigenvalue weighted by Crippen LogP contribution is 2.61. The van der Waals surface area contributed by atoms with Gasteiger partial charge in [0.2, 0.25) is 11.8 Å². The molecule has 286 valence electrons. The maximum absolute atomic E-state index is 15.3. The third-order valence-electron chi connectivity index (χ3n) is 15.1. The quantitative estimate of drug-likeness (QED) is 0.214. The second kappa shape index (κ2) is 16.4. The molecular weight excluding hydrogens is 637 g/mol. The number of carbonyl (C=O) groups excluding carboxylic acids is 2. The fourth-order valence-corrected chi connectivity index (χ4v) is 11.9.